The van der Waals surface area contributed by atoms with Crippen LogP contribution in [0.5, 0.6) is 0 Å². The van der Waals surface area contributed by atoms with E-state index < -0.39 is 0 Å². The van der Waals surface area contributed by atoms with Crippen molar-refractivity contribution in [3.05, 3.63) is 47.1 Å². The second kappa shape index (κ2) is 7.20. The number of nitrogens with zero attached hydrogens (tertiary/aromatic N) is 6. The van der Waals surface area contributed by atoms with Gasteiger partial charge in [0.15, 0.2) is 0 Å². The molecule has 0 fully saturated rings. The Bertz CT molecular complexity index is 1110. The van der Waals surface area contributed by atoms with Crippen molar-refractivity contribution in [3.8, 4) is 0 Å². The van der Waals surface area contributed by atoms with E-state index in [0.717, 1.165) is 27.5 Å². The summed E-state index contributed by atoms with van der Waals surface area (Å²) in [6, 6.07) is 12.7. The fraction of sp³-hybridized carbons (Fsp3) is 0.333. The first kappa shape index (κ1) is 20.0. The number of benzene rings is 2. The third-order valence-corrected chi connectivity index (χ3v) is 5.30. The standard InChI is InChI=1S/C24H30N6/c1-27(2)21-19(22(21)28(3)4)25-17-11-9-15-10-12-18(14-16(15)13-17)26-20-23(29(5)6)24(20)30(7)8/h9-14H,1-8H3. The van der Waals surface area contributed by atoms with Gasteiger partial charge in [-0.15, -0.1) is 0 Å². The van der Waals surface area contributed by atoms with E-state index >= 15 is 0 Å². The summed E-state index contributed by atoms with van der Waals surface area (Å²) in [5.74, 6) is 0. The Morgan fingerprint density at radius 2 is 0.800 bits per heavy atom. The summed E-state index contributed by atoms with van der Waals surface area (Å²) >= 11 is 0. The van der Waals surface area contributed by atoms with Crippen molar-refractivity contribution in [1.29, 1.82) is 0 Å². The van der Waals surface area contributed by atoms with Gasteiger partial charge in [-0.25, -0.2) is 9.98 Å². The fourth-order valence-electron chi connectivity index (χ4n) is 3.84. The summed E-state index contributed by atoms with van der Waals surface area (Å²) in [7, 11) is 16.5. The van der Waals surface area contributed by atoms with Crippen LogP contribution in [0.4, 0.5) is 34.1 Å². The lowest BCUT2D eigenvalue weighted by Crippen LogP contribution is -2.08. The van der Waals surface area contributed by atoms with Gasteiger partial charge in [0.2, 0.25) is 0 Å². The lowest BCUT2D eigenvalue weighted by Gasteiger charge is -2.07. The third kappa shape index (κ3) is 3.54. The van der Waals surface area contributed by atoms with Gasteiger partial charge in [0.05, 0.1) is 34.1 Å². The van der Waals surface area contributed by atoms with E-state index in [-0.39, 0.29) is 0 Å². The molecule has 0 saturated heterocycles. The first-order valence-corrected chi connectivity index (χ1v) is 10.1. The molecule has 0 aliphatic heterocycles. The van der Waals surface area contributed by atoms with Gasteiger partial charge < -0.3 is 19.6 Å². The van der Waals surface area contributed by atoms with Crippen molar-refractivity contribution in [2.75, 3.05) is 76.0 Å². The molecule has 0 saturated carbocycles. The summed E-state index contributed by atoms with van der Waals surface area (Å²) in [5.41, 5.74) is 6.73. The van der Waals surface area contributed by atoms with E-state index in [1.54, 1.807) is 0 Å². The molecule has 0 atom stereocenters. The van der Waals surface area contributed by atoms with E-state index in [0.29, 0.717) is 0 Å². The molecule has 4 rings (SSSR count). The Labute approximate surface area is 178 Å². The number of rotatable bonds is 6. The van der Waals surface area contributed by atoms with E-state index in [4.69, 9.17) is 9.98 Å². The van der Waals surface area contributed by atoms with Crippen molar-refractivity contribution in [2.45, 2.75) is 0 Å². The third-order valence-electron chi connectivity index (χ3n) is 5.30. The van der Waals surface area contributed by atoms with E-state index in [2.05, 4.69) is 112 Å². The molecule has 0 aliphatic rings. The van der Waals surface area contributed by atoms with Crippen molar-refractivity contribution >= 4 is 44.9 Å². The minimum Gasteiger partial charge on any atom is -0.374 e. The molecular formula is C24H30N6. The zero-order valence-corrected chi connectivity index (χ0v) is 19.1. The van der Waals surface area contributed by atoms with Crippen molar-refractivity contribution in [1.82, 2.24) is 0 Å². The largest absolute Gasteiger partial charge is 0.374 e. The van der Waals surface area contributed by atoms with Crippen molar-refractivity contribution in [2.24, 2.45) is 9.98 Å². The SMILES string of the molecule is CN(C)c1c(N(C)C)c1=Nc1ccc2ccc(N=c3c(N(C)C)c3N(C)C)cc2c1. The highest BCUT2D eigenvalue weighted by atomic mass is 15.2. The predicted octanol–water partition coefficient (Wildman–Crippen LogP) is 3.32. The monoisotopic (exact) mass is 402 g/mol. The summed E-state index contributed by atoms with van der Waals surface area (Å²) in [4.78, 5) is 18.3. The molecule has 0 unspecified atom stereocenters. The van der Waals surface area contributed by atoms with Gasteiger partial charge in [0.1, 0.15) is 10.7 Å². The predicted molar refractivity (Wildman–Crippen MR) is 129 cm³/mol. The molecule has 30 heavy (non-hydrogen) atoms. The average molecular weight is 403 g/mol. The smallest absolute Gasteiger partial charge is 0.115 e. The van der Waals surface area contributed by atoms with Crippen LogP contribution < -0.4 is 30.3 Å². The molecular weight excluding hydrogens is 372 g/mol. The van der Waals surface area contributed by atoms with Crippen LogP contribution in [0.1, 0.15) is 0 Å². The van der Waals surface area contributed by atoms with Gasteiger partial charge in [-0.1, -0.05) is 12.1 Å². The Morgan fingerprint density at radius 3 is 1.10 bits per heavy atom. The summed E-state index contributed by atoms with van der Waals surface area (Å²) in [5, 5.41) is 4.47. The highest BCUT2D eigenvalue weighted by Crippen LogP contribution is 2.33. The van der Waals surface area contributed by atoms with Gasteiger partial charge in [-0.2, -0.15) is 0 Å². The Morgan fingerprint density at radius 1 is 0.467 bits per heavy atom. The second-order valence-electron chi connectivity index (χ2n) is 8.61. The minimum absolute atomic E-state index is 0.964. The maximum Gasteiger partial charge on any atom is 0.115 e. The second-order valence-corrected chi connectivity index (χ2v) is 8.61. The van der Waals surface area contributed by atoms with Crippen LogP contribution in [0.3, 0.4) is 0 Å². The molecule has 0 N–H and O–H groups in total. The number of fused-ring (bicyclic) bond motifs is 1. The maximum atomic E-state index is 4.90. The lowest BCUT2D eigenvalue weighted by atomic mass is 10.1. The molecule has 0 bridgehead atoms. The molecule has 0 heterocycles. The van der Waals surface area contributed by atoms with Gasteiger partial charge in [-0.05, 0) is 35.0 Å². The number of anilines is 4. The number of hydrogen-bond acceptors (Lipinski definition) is 6. The molecule has 0 spiro atoms. The zero-order valence-electron chi connectivity index (χ0n) is 19.1. The first-order chi connectivity index (χ1) is 14.2. The van der Waals surface area contributed by atoms with Gasteiger partial charge in [0, 0.05) is 56.4 Å². The van der Waals surface area contributed by atoms with Crippen molar-refractivity contribution in [3.63, 3.8) is 0 Å². The Balaban J connectivity index is 1.73. The van der Waals surface area contributed by atoms with Crippen LogP contribution in [0.15, 0.2) is 46.4 Å². The van der Waals surface area contributed by atoms with Crippen LogP contribution in [-0.4, -0.2) is 56.4 Å². The highest BCUT2D eigenvalue weighted by Gasteiger charge is 2.24. The van der Waals surface area contributed by atoms with Crippen LogP contribution in [-0.2, 0) is 0 Å². The Hall–Kier alpha value is -3.28. The van der Waals surface area contributed by atoms with Crippen LogP contribution >= 0.6 is 0 Å². The normalized spacial score (nSPS) is 11.3. The summed E-state index contributed by atoms with van der Waals surface area (Å²) < 4.78 is 0. The zero-order chi connectivity index (χ0) is 21.7. The molecule has 156 valence electrons. The lowest BCUT2D eigenvalue weighted by molar-refractivity contribution is 1.12. The van der Waals surface area contributed by atoms with Crippen LogP contribution in [0.25, 0.3) is 10.8 Å². The Kier molecular flexibility index (Phi) is 4.80. The molecule has 4 aromatic rings. The first-order valence-electron chi connectivity index (χ1n) is 10.1. The van der Waals surface area contributed by atoms with Crippen molar-refractivity contribution < 1.29 is 0 Å². The van der Waals surface area contributed by atoms with Crippen LogP contribution in [0, 0.1) is 0 Å². The minimum atomic E-state index is 0.964. The van der Waals surface area contributed by atoms with E-state index in [1.807, 2.05) is 0 Å². The molecule has 0 amide bonds. The van der Waals surface area contributed by atoms with Crippen LogP contribution in [0.2, 0.25) is 0 Å². The van der Waals surface area contributed by atoms with E-state index in [1.165, 1.54) is 28.1 Å². The van der Waals surface area contributed by atoms with Gasteiger partial charge >= 0.3 is 0 Å². The fourth-order valence-corrected chi connectivity index (χ4v) is 3.84. The molecule has 0 radical (unpaired) electrons. The highest BCUT2D eigenvalue weighted by molar-refractivity contribution is 5.89. The molecule has 4 aromatic carbocycles. The summed E-state index contributed by atoms with van der Waals surface area (Å²) in [6.07, 6.45) is 0. The van der Waals surface area contributed by atoms with E-state index in [9.17, 15) is 0 Å². The average Bonchev–Trinajstić information content (AvgIpc) is 3.54. The topological polar surface area (TPSA) is 37.7 Å². The molecule has 0 aromatic heterocycles. The quantitative estimate of drug-likeness (QED) is 0.496. The number of hydrogen-bond donors (Lipinski definition) is 0. The van der Waals surface area contributed by atoms with Gasteiger partial charge in [0.25, 0.3) is 0 Å². The summed E-state index contributed by atoms with van der Waals surface area (Å²) in [6.45, 7) is 0. The van der Waals surface area contributed by atoms with Gasteiger partial charge in [-0.3, -0.25) is 0 Å². The maximum absolute atomic E-state index is 4.90. The molecule has 6 nitrogen and oxygen atoms in total. The molecule has 6 heteroatoms. The molecule has 0 aliphatic carbocycles.